The number of aliphatic hydroxyl groups excluding tert-OH is 1. The van der Waals surface area contributed by atoms with Gasteiger partial charge in [-0.2, -0.15) is 4.98 Å². The number of β-amino-alcohol motifs (C(OH)–C–C–N with tert-alkyl or cyclic N) is 1. The zero-order valence-corrected chi connectivity index (χ0v) is 19.4. The Morgan fingerprint density at radius 2 is 2.03 bits per heavy atom. The van der Waals surface area contributed by atoms with E-state index < -0.39 is 0 Å². The maximum Gasteiger partial charge on any atom is 0.324 e. The van der Waals surface area contributed by atoms with E-state index in [1.165, 1.54) is 0 Å². The molecule has 3 heterocycles. The van der Waals surface area contributed by atoms with Gasteiger partial charge in [0.05, 0.1) is 13.7 Å². The number of benzene rings is 1. The van der Waals surface area contributed by atoms with Gasteiger partial charge >= 0.3 is 6.01 Å². The first-order chi connectivity index (χ1) is 16.5. The Balaban J connectivity index is 0.00000103. The van der Waals surface area contributed by atoms with E-state index in [-0.39, 0.29) is 30.9 Å². The van der Waals surface area contributed by atoms with E-state index in [0.29, 0.717) is 43.7 Å². The minimum absolute atomic E-state index is 0.120. The number of carboxylic acid groups (broad SMARTS) is 1. The van der Waals surface area contributed by atoms with Crippen LogP contribution in [0.15, 0.2) is 28.8 Å². The number of carbonyl (C=O) groups is 2. The first kappa shape index (κ1) is 25.4. The average Bonchev–Trinajstić information content (AvgIpc) is 3.50. The SMILES string of the molecule is COc1ccc(-c2noc(N3CCC(C(N)=O)CC3CC3CCN(CCO)C3)n2)cc1.O=CO. The van der Waals surface area contributed by atoms with Crippen molar-refractivity contribution in [2.45, 2.75) is 31.7 Å². The normalized spacial score (nSPS) is 22.6. The fourth-order valence-electron chi connectivity index (χ4n) is 4.81. The van der Waals surface area contributed by atoms with Crippen molar-refractivity contribution in [3.05, 3.63) is 24.3 Å². The highest BCUT2D eigenvalue weighted by atomic mass is 16.5. The van der Waals surface area contributed by atoms with Gasteiger partial charge in [-0.05, 0) is 62.4 Å². The average molecular weight is 476 g/mol. The number of nitrogens with zero attached hydrogens (tertiary/aromatic N) is 4. The first-order valence-electron chi connectivity index (χ1n) is 11.4. The summed E-state index contributed by atoms with van der Waals surface area (Å²) in [5.74, 6) is 1.45. The van der Waals surface area contributed by atoms with Crippen LogP contribution in [0.5, 0.6) is 5.75 Å². The third-order valence-electron chi connectivity index (χ3n) is 6.52. The Labute approximate surface area is 198 Å². The summed E-state index contributed by atoms with van der Waals surface area (Å²) >= 11 is 0. The zero-order valence-electron chi connectivity index (χ0n) is 19.4. The van der Waals surface area contributed by atoms with Gasteiger partial charge in [-0.1, -0.05) is 5.16 Å². The number of anilines is 1. The summed E-state index contributed by atoms with van der Waals surface area (Å²) in [6, 6.07) is 8.14. The zero-order chi connectivity index (χ0) is 24.5. The Kier molecular flexibility index (Phi) is 9.23. The molecule has 4 rings (SSSR count). The lowest BCUT2D eigenvalue weighted by atomic mass is 9.85. The molecule has 2 saturated heterocycles. The molecule has 2 aliphatic rings. The molecule has 1 aromatic carbocycles. The number of amides is 1. The Morgan fingerprint density at radius 1 is 1.29 bits per heavy atom. The molecule has 0 radical (unpaired) electrons. The van der Waals surface area contributed by atoms with Crippen LogP contribution in [0.25, 0.3) is 11.4 Å². The number of likely N-dealkylation sites (tertiary alicyclic amines) is 1. The monoisotopic (exact) mass is 475 g/mol. The van der Waals surface area contributed by atoms with Crippen LogP contribution in [0.1, 0.15) is 25.7 Å². The molecule has 11 nitrogen and oxygen atoms in total. The molecular formula is C23H33N5O6. The van der Waals surface area contributed by atoms with E-state index in [1.54, 1.807) is 7.11 Å². The lowest BCUT2D eigenvalue weighted by Crippen LogP contribution is -2.47. The maximum absolute atomic E-state index is 11.9. The third kappa shape index (κ3) is 6.45. The van der Waals surface area contributed by atoms with Crippen molar-refractivity contribution >= 4 is 18.4 Å². The maximum atomic E-state index is 11.9. The van der Waals surface area contributed by atoms with Crippen LogP contribution in [-0.4, -0.2) is 83.6 Å². The number of hydrogen-bond acceptors (Lipinski definition) is 9. The summed E-state index contributed by atoms with van der Waals surface area (Å²) in [7, 11) is 1.63. The molecule has 3 unspecified atom stereocenters. The van der Waals surface area contributed by atoms with Crippen molar-refractivity contribution in [1.29, 1.82) is 0 Å². The van der Waals surface area contributed by atoms with Gasteiger partial charge in [0, 0.05) is 37.2 Å². The van der Waals surface area contributed by atoms with Gasteiger partial charge in [-0.15, -0.1) is 0 Å². The molecule has 2 aromatic rings. The fourth-order valence-corrected chi connectivity index (χ4v) is 4.81. The smallest absolute Gasteiger partial charge is 0.324 e. The number of rotatable bonds is 8. The van der Waals surface area contributed by atoms with Gasteiger partial charge in [0.25, 0.3) is 6.47 Å². The topological polar surface area (TPSA) is 155 Å². The molecule has 186 valence electrons. The van der Waals surface area contributed by atoms with E-state index in [1.807, 2.05) is 24.3 Å². The van der Waals surface area contributed by atoms with Crippen molar-refractivity contribution in [3.8, 4) is 17.1 Å². The van der Waals surface area contributed by atoms with Crippen LogP contribution in [-0.2, 0) is 9.59 Å². The van der Waals surface area contributed by atoms with Crippen LogP contribution >= 0.6 is 0 Å². The number of methoxy groups -OCH3 is 1. The van der Waals surface area contributed by atoms with Gasteiger partial charge in [0.2, 0.25) is 11.7 Å². The summed E-state index contributed by atoms with van der Waals surface area (Å²) in [4.78, 5) is 29.3. The Morgan fingerprint density at radius 3 is 2.68 bits per heavy atom. The molecule has 3 atom stereocenters. The van der Waals surface area contributed by atoms with E-state index >= 15 is 0 Å². The summed E-state index contributed by atoms with van der Waals surface area (Å²) in [6.07, 6.45) is 3.41. The number of nitrogens with two attached hydrogens (primary N) is 1. The van der Waals surface area contributed by atoms with E-state index in [2.05, 4.69) is 19.9 Å². The molecule has 4 N–H and O–H groups in total. The van der Waals surface area contributed by atoms with Gasteiger partial charge in [-0.25, -0.2) is 0 Å². The summed E-state index contributed by atoms with van der Waals surface area (Å²) in [5, 5.41) is 20.3. The molecule has 0 aliphatic carbocycles. The predicted molar refractivity (Wildman–Crippen MR) is 124 cm³/mol. The summed E-state index contributed by atoms with van der Waals surface area (Å²) < 4.78 is 10.8. The number of aliphatic hydroxyl groups is 1. The largest absolute Gasteiger partial charge is 0.497 e. The van der Waals surface area contributed by atoms with Crippen LogP contribution in [0.3, 0.4) is 0 Å². The van der Waals surface area contributed by atoms with Gasteiger partial charge < -0.3 is 35.0 Å². The Bertz CT molecular complexity index is 921. The van der Waals surface area contributed by atoms with E-state index in [0.717, 1.165) is 37.2 Å². The van der Waals surface area contributed by atoms with Crippen LogP contribution in [0.2, 0.25) is 0 Å². The fraction of sp³-hybridized carbons (Fsp3) is 0.565. The summed E-state index contributed by atoms with van der Waals surface area (Å²) in [5.41, 5.74) is 6.49. The second kappa shape index (κ2) is 12.3. The molecule has 0 spiro atoms. The number of piperidine rings is 1. The number of ether oxygens (including phenoxy) is 1. The molecule has 1 aromatic heterocycles. The first-order valence-corrected chi connectivity index (χ1v) is 11.4. The van der Waals surface area contributed by atoms with E-state index in [9.17, 15) is 9.90 Å². The quantitative estimate of drug-likeness (QED) is 0.475. The molecule has 0 bridgehead atoms. The highest BCUT2D eigenvalue weighted by molar-refractivity contribution is 5.77. The van der Waals surface area contributed by atoms with Gasteiger partial charge in [0.15, 0.2) is 0 Å². The van der Waals surface area contributed by atoms with Gasteiger partial charge in [0.1, 0.15) is 5.75 Å². The molecule has 0 saturated carbocycles. The highest BCUT2D eigenvalue weighted by Crippen LogP contribution is 2.34. The van der Waals surface area contributed by atoms with Crippen molar-refractivity contribution in [2.24, 2.45) is 17.6 Å². The highest BCUT2D eigenvalue weighted by Gasteiger charge is 2.36. The lowest BCUT2D eigenvalue weighted by Gasteiger charge is -2.38. The van der Waals surface area contributed by atoms with Crippen molar-refractivity contribution < 1.29 is 29.1 Å². The third-order valence-corrected chi connectivity index (χ3v) is 6.52. The molecule has 2 aliphatic heterocycles. The standard InChI is InChI=1S/C22H31N5O4.CH2O2/c1-30-19-4-2-16(3-5-19)21-24-22(31-25-21)27-9-7-17(20(23)29)13-18(27)12-15-6-8-26(14-15)10-11-28;2-1-3/h2-5,15,17-18,28H,6-14H2,1H3,(H2,23,29);1H,(H,2,3). The van der Waals surface area contributed by atoms with Crippen molar-refractivity contribution in [1.82, 2.24) is 15.0 Å². The van der Waals surface area contributed by atoms with Crippen LogP contribution in [0.4, 0.5) is 6.01 Å². The molecule has 1 amide bonds. The second-order valence-corrected chi connectivity index (χ2v) is 8.62. The minimum Gasteiger partial charge on any atom is -0.497 e. The van der Waals surface area contributed by atoms with Crippen LogP contribution < -0.4 is 15.4 Å². The van der Waals surface area contributed by atoms with Crippen molar-refractivity contribution in [3.63, 3.8) is 0 Å². The number of carbonyl (C=O) groups excluding carboxylic acids is 1. The molecule has 2 fully saturated rings. The molecule has 11 heteroatoms. The summed E-state index contributed by atoms with van der Waals surface area (Å²) in [6.45, 7) is 3.27. The molecular weight excluding hydrogens is 442 g/mol. The number of primary amides is 1. The van der Waals surface area contributed by atoms with Crippen molar-refractivity contribution in [2.75, 3.05) is 44.8 Å². The van der Waals surface area contributed by atoms with Gasteiger partial charge in [-0.3, -0.25) is 9.59 Å². The van der Waals surface area contributed by atoms with E-state index in [4.69, 9.17) is 24.9 Å². The number of hydrogen-bond donors (Lipinski definition) is 3. The lowest BCUT2D eigenvalue weighted by molar-refractivity contribution is -0.123. The molecule has 34 heavy (non-hydrogen) atoms. The predicted octanol–water partition coefficient (Wildman–Crippen LogP) is 1.22. The van der Waals surface area contributed by atoms with Crippen LogP contribution in [0, 0.1) is 11.8 Å². The second-order valence-electron chi connectivity index (χ2n) is 8.62. The Hall–Kier alpha value is -3.18. The minimum atomic E-state index is -0.250. The number of aromatic nitrogens is 2.